The Morgan fingerprint density at radius 1 is 1.39 bits per heavy atom. The molecule has 6 heteroatoms. The van der Waals surface area contributed by atoms with Crippen LogP contribution in [0.4, 0.5) is 0 Å². The van der Waals surface area contributed by atoms with E-state index in [1.54, 1.807) is 6.07 Å². The van der Waals surface area contributed by atoms with E-state index in [-0.39, 0.29) is 5.92 Å². The van der Waals surface area contributed by atoms with Gasteiger partial charge in [-0.05, 0) is 37.5 Å². The van der Waals surface area contributed by atoms with Crippen molar-refractivity contribution >= 4 is 22.8 Å². The zero-order valence-electron chi connectivity index (χ0n) is 13.0. The van der Waals surface area contributed by atoms with E-state index in [2.05, 4.69) is 10.3 Å². The van der Waals surface area contributed by atoms with E-state index in [4.69, 9.17) is 4.74 Å². The molecule has 0 saturated carbocycles. The summed E-state index contributed by atoms with van der Waals surface area (Å²) in [6.45, 7) is 2.99. The predicted octanol–water partition coefficient (Wildman–Crippen LogP) is 2.09. The molecule has 1 fully saturated rings. The Morgan fingerprint density at radius 3 is 2.91 bits per heavy atom. The van der Waals surface area contributed by atoms with Crippen LogP contribution < -0.4 is 5.32 Å². The second-order valence-electron chi connectivity index (χ2n) is 6.04. The lowest BCUT2D eigenvalue weighted by molar-refractivity contribution is -0.142. The summed E-state index contributed by atoms with van der Waals surface area (Å²) in [6.07, 6.45) is 1.55. The van der Waals surface area contributed by atoms with E-state index >= 15 is 0 Å². The van der Waals surface area contributed by atoms with Crippen LogP contribution in [-0.2, 0) is 9.53 Å². The molecule has 0 spiro atoms. The molecule has 2 heterocycles. The first-order chi connectivity index (χ1) is 11.0. The molecule has 2 aromatic rings. The number of amides is 1. The molecule has 0 radical (unpaired) electrons. The summed E-state index contributed by atoms with van der Waals surface area (Å²) >= 11 is 0. The third kappa shape index (κ3) is 3.37. The second kappa shape index (κ2) is 6.42. The van der Waals surface area contributed by atoms with Crippen molar-refractivity contribution in [3.63, 3.8) is 0 Å². The quantitative estimate of drug-likeness (QED) is 0.805. The maximum absolute atomic E-state index is 12.4. The molecular weight excluding hydrogens is 296 g/mol. The van der Waals surface area contributed by atoms with Crippen molar-refractivity contribution in [2.24, 2.45) is 5.92 Å². The highest BCUT2D eigenvalue weighted by Gasteiger charge is 2.31. The lowest BCUT2D eigenvalue weighted by Gasteiger charge is -2.27. The maximum Gasteiger partial charge on any atom is 0.326 e. The van der Waals surface area contributed by atoms with Crippen LogP contribution >= 0.6 is 0 Å². The number of benzene rings is 1. The topological polar surface area (TPSA) is 91.4 Å². The van der Waals surface area contributed by atoms with Crippen molar-refractivity contribution < 1.29 is 19.4 Å². The molecule has 23 heavy (non-hydrogen) atoms. The van der Waals surface area contributed by atoms with Gasteiger partial charge in [0.2, 0.25) is 0 Å². The maximum atomic E-state index is 12.4. The molecule has 0 aliphatic carbocycles. The Morgan fingerprint density at radius 2 is 2.22 bits per heavy atom. The highest BCUT2D eigenvalue weighted by molar-refractivity contribution is 5.99. The monoisotopic (exact) mass is 316 g/mol. The molecule has 2 unspecified atom stereocenters. The summed E-state index contributed by atoms with van der Waals surface area (Å²) in [7, 11) is 0. The number of H-pyrrole nitrogens is 1. The lowest BCUT2D eigenvalue weighted by Crippen LogP contribution is -2.48. The standard InChI is InChI=1S/C17H20N2O4/c1-10-4-5-11-8-14(18-13(11)7-10)16(20)19-15(17(21)22)12-3-2-6-23-9-12/h4-5,7-8,12,15,18H,2-3,6,9H2,1H3,(H,19,20)(H,21,22). The van der Waals surface area contributed by atoms with Gasteiger partial charge in [-0.15, -0.1) is 0 Å². The number of aromatic nitrogens is 1. The average molecular weight is 316 g/mol. The molecule has 1 aliphatic rings. The Balaban J connectivity index is 1.78. The van der Waals surface area contributed by atoms with Crippen LogP contribution in [0.15, 0.2) is 24.3 Å². The van der Waals surface area contributed by atoms with E-state index < -0.39 is 17.9 Å². The fraction of sp³-hybridized carbons (Fsp3) is 0.412. The minimum atomic E-state index is -1.03. The molecule has 6 nitrogen and oxygen atoms in total. The van der Waals surface area contributed by atoms with Crippen molar-refractivity contribution in [2.75, 3.05) is 13.2 Å². The number of carboxylic acids is 1. The van der Waals surface area contributed by atoms with Crippen LogP contribution in [0.3, 0.4) is 0 Å². The molecule has 1 aliphatic heterocycles. The number of nitrogens with one attached hydrogen (secondary N) is 2. The molecule has 1 aromatic heterocycles. The number of aliphatic carboxylic acids is 1. The van der Waals surface area contributed by atoms with Crippen molar-refractivity contribution in [3.8, 4) is 0 Å². The predicted molar refractivity (Wildman–Crippen MR) is 85.5 cm³/mol. The van der Waals surface area contributed by atoms with Crippen molar-refractivity contribution in [1.82, 2.24) is 10.3 Å². The minimum absolute atomic E-state index is 0.197. The number of ether oxygens (including phenoxy) is 1. The first-order valence-electron chi connectivity index (χ1n) is 7.75. The van der Waals surface area contributed by atoms with Gasteiger partial charge in [-0.3, -0.25) is 4.79 Å². The highest BCUT2D eigenvalue weighted by atomic mass is 16.5. The van der Waals surface area contributed by atoms with Gasteiger partial charge in [0.05, 0.1) is 6.61 Å². The Labute approximate surface area is 133 Å². The van der Waals surface area contributed by atoms with Gasteiger partial charge in [0.25, 0.3) is 5.91 Å². The van der Waals surface area contributed by atoms with E-state index in [0.29, 0.717) is 18.9 Å². The SMILES string of the molecule is Cc1ccc2cc(C(=O)NC(C(=O)O)C3CCCOC3)[nH]c2c1. The van der Waals surface area contributed by atoms with E-state index in [1.165, 1.54) is 0 Å². The van der Waals surface area contributed by atoms with Crippen LogP contribution in [-0.4, -0.2) is 41.2 Å². The average Bonchev–Trinajstić information content (AvgIpc) is 2.96. The van der Waals surface area contributed by atoms with Crippen LogP contribution in [0.5, 0.6) is 0 Å². The number of hydrogen-bond donors (Lipinski definition) is 3. The van der Waals surface area contributed by atoms with Gasteiger partial charge >= 0.3 is 5.97 Å². The fourth-order valence-corrected chi connectivity index (χ4v) is 2.99. The van der Waals surface area contributed by atoms with Crippen LogP contribution in [0.2, 0.25) is 0 Å². The van der Waals surface area contributed by atoms with E-state index in [0.717, 1.165) is 29.3 Å². The lowest BCUT2D eigenvalue weighted by atomic mass is 9.93. The van der Waals surface area contributed by atoms with Crippen molar-refractivity contribution in [2.45, 2.75) is 25.8 Å². The summed E-state index contributed by atoms with van der Waals surface area (Å²) in [5, 5.41) is 13.0. The number of carboxylic acid groups (broad SMARTS) is 1. The number of carbonyl (C=O) groups is 2. The van der Waals surface area contributed by atoms with Crippen LogP contribution in [0, 0.1) is 12.8 Å². The van der Waals surface area contributed by atoms with Gasteiger partial charge in [0, 0.05) is 23.4 Å². The Hall–Kier alpha value is -2.34. The number of hydrogen-bond acceptors (Lipinski definition) is 3. The van der Waals surface area contributed by atoms with Crippen molar-refractivity contribution in [1.29, 1.82) is 0 Å². The summed E-state index contributed by atoms with van der Waals surface area (Å²) in [4.78, 5) is 27.0. The number of rotatable bonds is 4. The normalized spacial score (nSPS) is 19.4. The first kappa shape index (κ1) is 15.6. The van der Waals surface area contributed by atoms with Crippen molar-refractivity contribution in [3.05, 3.63) is 35.5 Å². The number of carbonyl (C=O) groups excluding carboxylic acids is 1. The zero-order valence-corrected chi connectivity index (χ0v) is 13.0. The number of aryl methyl sites for hydroxylation is 1. The Bertz CT molecular complexity index is 731. The smallest absolute Gasteiger partial charge is 0.326 e. The largest absolute Gasteiger partial charge is 0.480 e. The molecular formula is C17H20N2O4. The fourth-order valence-electron chi connectivity index (χ4n) is 2.99. The molecule has 122 valence electrons. The third-order valence-corrected chi connectivity index (χ3v) is 4.24. The molecule has 1 aromatic carbocycles. The summed E-state index contributed by atoms with van der Waals surface area (Å²) in [5.74, 6) is -1.63. The van der Waals surface area contributed by atoms with Gasteiger partial charge in [0.1, 0.15) is 11.7 Å². The summed E-state index contributed by atoms with van der Waals surface area (Å²) < 4.78 is 5.34. The van der Waals surface area contributed by atoms with Gasteiger partial charge in [-0.2, -0.15) is 0 Å². The molecule has 3 rings (SSSR count). The first-order valence-corrected chi connectivity index (χ1v) is 7.75. The third-order valence-electron chi connectivity index (χ3n) is 4.24. The molecule has 1 saturated heterocycles. The number of aromatic amines is 1. The van der Waals surface area contributed by atoms with E-state index in [1.807, 2.05) is 25.1 Å². The summed E-state index contributed by atoms with van der Waals surface area (Å²) in [5.41, 5.74) is 2.32. The Kier molecular flexibility index (Phi) is 4.34. The molecule has 1 amide bonds. The molecule has 3 N–H and O–H groups in total. The highest BCUT2D eigenvalue weighted by Crippen LogP contribution is 2.20. The van der Waals surface area contributed by atoms with Crippen LogP contribution in [0.1, 0.15) is 28.9 Å². The zero-order chi connectivity index (χ0) is 16.4. The van der Waals surface area contributed by atoms with Gasteiger partial charge < -0.3 is 20.1 Å². The van der Waals surface area contributed by atoms with Gasteiger partial charge in [-0.25, -0.2) is 4.79 Å². The minimum Gasteiger partial charge on any atom is -0.480 e. The molecule has 2 atom stereocenters. The summed E-state index contributed by atoms with van der Waals surface area (Å²) in [6, 6.07) is 6.66. The molecule has 0 bridgehead atoms. The second-order valence-corrected chi connectivity index (χ2v) is 6.04. The van der Waals surface area contributed by atoms with E-state index in [9.17, 15) is 14.7 Å². The van der Waals surface area contributed by atoms with Gasteiger partial charge in [-0.1, -0.05) is 12.1 Å². The van der Waals surface area contributed by atoms with Gasteiger partial charge in [0.15, 0.2) is 0 Å². The van der Waals surface area contributed by atoms with Crippen LogP contribution in [0.25, 0.3) is 10.9 Å². The number of fused-ring (bicyclic) bond motifs is 1.